The Labute approximate surface area is 119 Å². The predicted molar refractivity (Wildman–Crippen MR) is 73.9 cm³/mol. The van der Waals surface area contributed by atoms with Crippen LogP contribution >= 0.6 is 0 Å². The summed E-state index contributed by atoms with van der Waals surface area (Å²) in [5, 5.41) is 2.37. The fourth-order valence-electron chi connectivity index (χ4n) is 3.08. The number of rotatable bonds is 4. The maximum atomic E-state index is 12.6. The van der Waals surface area contributed by atoms with Gasteiger partial charge in [-0.2, -0.15) is 0 Å². The Morgan fingerprint density at radius 2 is 1.80 bits per heavy atom. The number of hydrogen-bond donors (Lipinski definition) is 1. The molecule has 0 unspecified atom stereocenters. The minimum Gasteiger partial charge on any atom is -0.309 e. The quantitative estimate of drug-likeness (QED) is 0.779. The van der Waals surface area contributed by atoms with E-state index >= 15 is 0 Å². The SMILES string of the molecule is CN(C)CCCN1C(=O)NC(=O)C2(CCCCC2)C1=O. The molecule has 0 aromatic rings. The summed E-state index contributed by atoms with van der Waals surface area (Å²) < 4.78 is 0. The van der Waals surface area contributed by atoms with Crippen LogP contribution < -0.4 is 5.32 Å². The highest BCUT2D eigenvalue weighted by Gasteiger charge is 2.53. The molecule has 0 aromatic heterocycles. The summed E-state index contributed by atoms with van der Waals surface area (Å²) in [5.74, 6) is -0.680. The van der Waals surface area contributed by atoms with Crippen molar-refractivity contribution in [2.45, 2.75) is 38.5 Å². The highest BCUT2D eigenvalue weighted by molar-refractivity contribution is 6.19. The Morgan fingerprint density at radius 3 is 2.40 bits per heavy atom. The number of nitrogens with one attached hydrogen (secondary N) is 1. The van der Waals surface area contributed by atoms with Gasteiger partial charge in [0.2, 0.25) is 11.8 Å². The zero-order valence-electron chi connectivity index (χ0n) is 12.3. The van der Waals surface area contributed by atoms with Crippen molar-refractivity contribution >= 4 is 17.8 Å². The van der Waals surface area contributed by atoms with Crippen molar-refractivity contribution in [3.05, 3.63) is 0 Å². The number of carbonyl (C=O) groups excluding carboxylic acids is 3. The zero-order valence-corrected chi connectivity index (χ0v) is 12.3. The molecule has 0 bridgehead atoms. The molecule has 1 saturated heterocycles. The fraction of sp³-hybridized carbons (Fsp3) is 0.786. The zero-order chi connectivity index (χ0) is 14.8. The van der Waals surface area contributed by atoms with Crippen LogP contribution in [0.4, 0.5) is 4.79 Å². The topological polar surface area (TPSA) is 69.7 Å². The van der Waals surface area contributed by atoms with Crippen LogP contribution in [0.3, 0.4) is 0 Å². The summed E-state index contributed by atoms with van der Waals surface area (Å²) in [6.45, 7) is 1.18. The molecule has 6 nitrogen and oxygen atoms in total. The van der Waals surface area contributed by atoms with Gasteiger partial charge in [-0.15, -0.1) is 0 Å². The molecule has 20 heavy (non-hydrogen) atoms. The number of imide groups is 2. The lowest BCUT2D eigenvalue weighted by molar-refractivity contribution is -0.153. The number of nitrogens with zero attached hydrogens (tertiary/aromatic N) is 2. The van der Waals surface area contributed by atoms with E-state index in [1.165, 1.54) is 4.90 Å². The van der Waals surface area contributed by atoms with Crippen molar-refractivity contribution < 1.29 is 14.4 Å². The first-order valence-corrected chi connectivity index (χ1v) is 7.29. The second-order valence-electron chi connectivity index (χ2n) is 6.02. The smallest absolute Gasteiger partial charge is 0.309 e. The highest BCUT2D eigenvalue weighted by Crippen LogP contribution is 2.40. The van der Waals surface area contributed by atoms with E-state index in [0.29, 0.717) is 19.4 Å². The van der Waals surface area contributed by atoms with Gasteiger partial charge in [0, 0.05) is 6.54 Å². The molecule has 1 aliphatic carbocycles. The van der Waals surface area contributed by atoms with E-state index < -0.39 is 17.4 Å². The van der Waals surface area contributed by atoms with Gasteiger partial charge in [-0.1, -0.05) is 19.3 Å². The van der Waals surface area contributed by atoms with E-state index in [1.807, 2.05) is 19.0 Å². The second kappa shape index (κ2) is 5.91. The summed E-state index contributed by atoms with van der Waals surface area (Å²) in [4.78, 5) is 39.9. The van der Waals surface area contributed by atoms with Crippen LogP contribution in [-0.4, -0.2) is 54.8 Å². The molecule has 0 aromatic carbocycles. The normalized spacial score (nSPS) is 22.6. The Bertz CT molecular complexity index is 414. The molecular weight excluding hydrogens is 258 g/mol. The summed E-state index contributed by atoms with van der Waals surface area (Å²) in [6.07, 6.45) is 4.65. The largest absolute Gasteiger partial charge is 0.330 e. The monoisotopic (exact) mass is 281 g/mol. The van der Waals surface area contributed by atoms with E-state index in [2.05, 4.69) is 5.32 Å². The molecule has 2 fully saturated rings. The molecule has 0 atom stereocenters. The van der Waals surface area contributed by atoms with Gasteiger partial charge in [0.1, 0.15) is 5.41 Å². The molecule has 1 spiro atoms. The first kappa shape index (κ1) is 15.0. The van der Waals surface area contributed by atoms with Gasteiger partial charge in [-0.3, -0.25) is 19.8 Å². The van der Waals surface area contributed by atoms with Gasteiger partial charge >= 0.3 is 6.03 Å². The molecule has 1 heterocycles. The van der Waals surface area contributed by atoms with Crippen LogP contribution in [0.25, 0.3) is 0 Å². The first-order chi connectivity index (χ1) is 9.47. The van der Waals surface area contributed by atoms with E-state index in [-0.39, 0.29) is 5.91 Å². The Hall–Kier alpha value is -1.43. The van der Waals surface area contributed by atoms with E-state index in [4.69, 9.17) is 0 Å². The molecule has 2 aliphatic rings. The average molecular weight is 281 g/mol. The molecule has 4 amide bonds. The lowest BCUT2D eigenvalue weighted by Crippen LogP contribution is -2.64. The summed E-state index contributed by atoms with van der Waals surface area (Å²) in [7, 11) is 3.90. The fourth-order valence-corrected chi connectivity index (χ4v) is 3.08. The van der Waals surface area contributed by atoms with Crippen molar-refractivity contribution in [2.75, 3.05) is 27.2 Å². The maximum Gasteiger partial charge on any atom is 0.330 e. The van der Waals surface area contributed by atoms with Crippen molar-refractivity contribution in [1.29, 1.82) is 0 Å². The Kier molecular flexibility index (Phi) is 4.42. The van der Waals surface area contributed by atoms with Crippen LogP contribution in [0.2, 0.25) is 0 Å². The van der Waals surface area contributed by atoms with Crippen molar-refractivity contribution in [2.24, 2.45) is 5.41 Å². The van der Waals surface area contributed by atoms with Crippen LogP contribution in [0.5, 0.6) is 0 Å². The van der Waals surface area contributed by atoms with Gasteiger partial charge < -0.3 is 4.90 Å². The van der Waals surface area contributed by atoms with Crippen LogP contribution in [-0.2, 0) is 9.59 Å². The van der Waals surface area contributed by atoms with Crippen LogP contribution in [0.15, 0.2) is 0 Å². The highest BCUT2D eigenvalue weighted by atomic mass is 16.2. The number of amides is 4. The number of urea groups is 1. The molecule has 2 rings (SSSR count). The average Bonchev–Trinajstić information content (AvgIpc) is 2.41. The predicted octanol–water partition coefficient (Wildman–Crippen LogP) is 0.967. The molecule has 6 heteroatoms. The number of hydrogen-bond acceptors (Lipinski definition) is 4. The van der Waals surface area contributed by atoms with Gasteiger partial charge in [0.15, 0.2) is 0 Å². The Morgan fingerprint density at radius 1 is 1.15 bits per heavy atom. The number of barbiturate groups is 1. The minimum absolute atomic E-state index is 0.287. The number of carbonyl (C=O) groups is 3. The Balaban J connectivity index is 2.10. The molecule has 0 radical (unpaired) electrons. The summed E-state index contributed by atoms with van der Waals surface area (Å²) in [5.41, 5.74) is -0.982. The third kappa shape index (κ3) is 2.70. The van der Waals surface area contributed by atoms with Crippen molar-refractivity contribution in [3.8, 4) is 0 Å². The van der Waals surface area contributed by atoms with Gasteiger partial charge in [0.25, 0.3) is 0 Å². The van der Waals surface area contributed by atoms with Gasteiger partial charge in [-0.05, 0) is 39.9 Å². The van der Waals surface area contributed by atoms with Crippen molar-refractivity contribution in [1.82, 2.24) is 15.1 Å². The lowest BCUT2D eigenvalue weighted by atomic mass is 9.71. The van der Waals surface area contributed by atoms with E-state index in [1.54, 1.807) is 0 Å². The maximum absolute atomic E-state index is 12.6. The van der Waals surface area contributed by atoms with E-state index in [9.17, 15) is 14.4 Å². The summed E-state index contributed by atoms with van der Waals surface area (Å²) in [6, 6.07) is -0.560. The second-order valence-corrected chi connectivity index (χ2v) is 6.02. The molecule has 112 valence electrons. The lowest BCUT2D eigenvalue weighted by Gasteiger charge is -2.41. The van der Waals surface area contributed by atoms with Crippen LogP contribution in [0.1, 0.15) is 38.5 Å². The molecule has 1 aliphatic heterocycles. The van der Waals surface area contributed by atoms with Gasteiger partial charge in [-0.25, -0.2) is 4.79 Å². The standard InChI is InChI=1S/C14H23N3O3/c1-16(2)9-6-10-17-12(19)14(7-4-3-5-8-14)11(18)15-13(17)20/h3-10H2,1-2H3,(H,15,18,20). The van der Waals surface area contributed by atoms with Crippen LogP contribution in [0, 0.1) is 5.41 Å². The van der Waals surface area contributed by atoms with Gasteiger partial charge in [0.05, 0.1) is 0 Å². The third-order valence-corrected chi connectivity index (χ3v) is 4.25. The molecule has 1 saturated carbocycles. The minimum atomic E-state index is -0.982. The van der Waals surface area contributed by atoms with E-state index in [0.717, 1.165) is 32.2 Å². The van der Waals surface area contributed by atoms with Crippen molar-refractivity contribution in [3.63, 3.8) is 0 Å². The molecule has 1 N–H and O–H groups in total. The first-order valence-electron chi connectivity index (χ1n) is 7.29. The summed E-state index contributed by atoms with van der Waals surface area (Å²) >= 11 is 0. The molecular formula is C14H23N3O3. The third-order valence-electron chi connectivity index (χ3n) is 4.25.